The molecule has 0 amide bonds. The minimum absolute atomic E-state index is 0.0791. The fraction of sp³-hybridized carbons (Fsp3) is 0.143. The Labute approximate surface area is 103 Å². The largest absolute Gasteiger partial charge is 0.313 e. The normalized spacial score (nSPS) is 12.5. The number of hydrogen-bond donors (Lipinski definition) is 1. The summed E-state index contributed by atoms with van der Waals surface area (Å²) in [6, 6.07) is 0. The quantitative estimate of drug-likeness (QED) is 0.316. The molecule has 0 aliphatic carbocycles. The van der Waals surface area contributed by atoms with Crippen LogP contribution in [0.1, 0.15) is 6.92 Å². The van der Waals surface area contributed by atoms with Gasteiger partial charge in [0.15, 0.2) is 5.78 Å². The summed E-state index contributed by atoms with van der Waals surface area (Å²) < 4.78 is 0. The SMILES string of the molecule is C=C/C=C\C(=C/C)C(=O)/C=C/C(=C)/C=N\NC. The van der Waals surface area contributed by atoms with Crippen LogP contribution < -0.4 is 5.43 Å². The van der Waals surface area contributed by atoms with E-state index < -0.39 is 0 Å². The van der Waals surface area contributed by atoms with E-state index in [0.29, 0.717) is 11.1 Å². The van der Waals surface area contributed by atoms with Gasteiger partial charge in [-0.25, -0.2) is 0 Å². The average molecular weight is 230 g/mol. The van der Waals surface area contributed by atoms with E-state index in [1.165, 1.54) is 6.08 Å². The summed E-state index contributed by atoms with van der Waals surface area (Å²) in [5.74, 6) is -0.0791. The molecule has 0 rings (SSSR count). The Bertz CT molecular complexity index is 398. The smallest absolute Gasteiger partial charge is 0.185 e. The lowest BCUT2D eigenvalue weighted by atomic mass is 10.1. The third-order valence-electron chi connectivity index (χ3n) is 1.82. The van der Waals surface area contributed by atoms with E-state index in [2.05, 4.69) is 23.7 Å². The third kappa shape index (κ3) is 6.84. The Kier molecular flexibility index (Phi) is 7.94. The molecule has 0 saturated heterocycles. The van der Waals surface area contributed by atoms with Crippen molar-refractivity contribution in [1.29, 1.82) is 0 Å². The van der Waals surface area contributed by atoms with Crippen LogP contribution in [0.5, 0.6) is 0 Å². The number of nitrogens with one attached hydrogen (secondary N) is 1. The number of hydrogen-bond acceptors (Lipinski definition) is 3. The summed E-state index contributed by atoms with van der Waals surface area (Å²) in [6.45, 7) is 9.09. The zero-order valence-electron chi connectivity index (χ0n) is 10.3. The number of nitrogens with zero attached hydrogens (tertiary/aromatic N) is 1. The van der Waals surface area contributed by atoms with Gasteiger partial charge in [0.2, 0.25) is 0 Å². The van der Waals surface area contributed by atoms with Gasteiger partial charge in [-0.1, -0.05) is 43.5 Å². The average Bonchev–Trinajstić information content (AvgIpc) is 2.34. The summed E-state index contributed by atoms with van der Waals surface area (Å²) >= 11 is 0. The first kappa shape index (κ1) is 14.8. The topological polar surface area (TPSA) is 41.5 Å². The van der Waals surface area contributed by atoms with Crippen molar-refractivity contribution >= 4 is 12.0 Å². The molecule has 90 valence electrons. The van der Waals surface area contributed by atoms with Gasteiger partial charge in [-0.05, 0) is 18.6 Å². The van der Waals surface area contributed by atoms with Gasteiger partial charge in [0.1, 0.15) is 0 Å². The predicted octanol–water partition coefficient (Wildman–Crippen LogP) is 2.56. The van der Waals surface area contributed by atoms with Gasteiger partial charge < -0.3 is 5.43 Å². The highest BCUT2D eigenvalue weighted by atomic mass is 16.1. The van der Waals surface area contributed by atoms with Crippen molar-refractivity contribution in [1.82, 2.24) is 5.43 Å². The number of hydrazone groups is 1. The molecule has 3 heteroatoms. The molecule has 0 aromatic rings. The second-order valence-electron chi connectivity index (χ2n) is 3.09. The van der Waals surface area contributed by atoms with E-state index in [4.69, 9.17) is 0 Å². The molecule has 0 aromatic heterocycles. The predicted molar refractivity (Wildman–Crippen MR) is 73.9 cm³/mol. The van der Waals surface area contributed by atoms with Crippen molar-refractivity contribution in [3.05, 3.63) is 60.8 Å². The summed E-state index contributed by atoms with van der Waals surface area (Å²) in [7, 11) is 1.69. The highest BCUT2D eigenvalue weighted by Gasteiger charge is 1.99. The van der Waals surface area contributed by atoms with Gasteiger partial charge in [-0.2, -0.15) is 5.10 Å². The molecule has 17 heavy (non-hydrogen) atoms. The van der Waals surface area contributed by atoms with Gasteiger partial charge >= 0.3 is 0 Å². The number of carbonyl (C=O) groups is 1. The number of ketones is 1. The van der Waals surface area contributed by atoms with Crippen LogP contribution in [-0.2, 0) is 4.79 Å². The first-order valence-electron chi connectivity index (χ1n) is 5.22. The van der Waals surface area contributed by atoms with Gasteiger partial charge in [-0.3, -0.25) is 4.79 Å². The van der Waals surface area contributed by atoms with Crippen molar-refractivity contribution in [2.24, 2.45) is 5.10 Å². The standard InChI is InChI=1S/C14H18N2O/c1-5-7-8-13(6-2)14(17)10-9-12(3)11-16-15-4/h5-11,15H,1,3H2,2,4H3/b8-7-,10-9+,13-6+,16-11-. The maximum Gasteiger partial charge on any atom is 0.185 e. The molecule has 0 heterocycles. The number of allylic oxidation sites excluding steroid dienone is 8. The van der Waals surface area contributed by atoms with E-state index in [0.717, 1.165) is 0 Å². The second-order valence-corrected chi connectivity index (χ2v) is 3.09. The molecule has 0 radical (unpaired) electrons. The summed E-state index contributed by atoms with van der Waals surface area (Å²) in [6.07, 6.45) is 11.4. The van der Waals surface area contributed by atoms with Crippen LogP contribution in [0.2, 0.25) is 0 Å². The molecule has 0 fully saturated rings. The lowest BCUT2D eigenvalue weighted by molar-refractivity contribution is -0.111. The first-order valence-corrected chi connectivity index (χ1v) is 5.22. The summed E-state index contributed by atoms with van der Waals surface area (Å²) in [5.41, 5.74) is 3.86. The molecule has 0 atom stereocenters. The molecule has 1 N–H and O–H groups in total. The van der Waals surface area contributed by atoms with E-state index in [9.17, 15) is 4.79 Å². The van der Waals surface area contributed by atoms with Crippen LogP contribution >= 0.6 is 0 Å². The maximum absolute atomic E-state index is 11.7. The van der Waals surface area contributed by atoms with Gasteiger partial charge in [0.25, 0.3) is 0 Å². The van der Waals surface area contributed by atoms with Crippen molar-refractivity contribution in [3.8, 4) is 0 Å². The van der Waals surface area contributed by atoms with Crippen LogP contribution in [-0.4, -0.2) is 19.0 Å². The van der Waals surface area contributed by atoms with E-state index in [1.54, 1.807) is 43.6 Å². The molecular weight excluding hydrogens is 212 g/mol. The monoisotopic (exact) mass is 230 g/mol. The lowest BCUT2D eigenvalue weighted by Gasteiger charge is -1.94. The van der Waals surface area contributed by atoms with Crippen LogP contribution in [0, 0.1) is 0 Å². The molecule has 0 aromatic carbocycles. The number of carbonyl (C=O) groups excluding carboxylic acids is 1. The molecular formula is C14H18N2O. The Hall–Kier alpha value is -2.16. The van der Waals surface area contributed by atoms with Crippen molar-refractivity contribution in [3.63, 3.8) is 0 Å². The number of rotatable bonds is 7. The Morgan fingerprint density at radius 3 is 2.53 bits per heavy atom. The molecule has 0 aliphatic heterocycles. The highest BCUT2D eigenvalue weighted by Crippen LogP contribution is 2.02. The second kappa shape index (κ2) is 9.09. The van der Waals surface area contributed by atoms with Crippen LogP contribution in [0.3, 0.4) is 0 Å². The molecule has 0 saturated carbocycles. The first-order chi connectivity index (χ1) is 8.15. The Morgan fingerprint density at radius 1 is 1.29 bits per heavy atom. The minimum Gasteiger partial charge on any atom is -0.313 e. The van der Waals surface area contributed by atoms with E-state index in [-0.39, 0.29) is 5.78 Å². The molecule has 0 aliphatic rings. The van der Waals surface area contributed by atoms with Gasteiger partial charge in [0, 0.05) is 12.6 Å². The van der Waals surface area contributed by atoms with Crippen molar-refractivity contribution < 1.29 is 4.79 Å². The Morgan fingerprint density at radius 2 is 2.00 bits per heavy atom. The van der Waals surface area contributed by atoms with Crippen LogP contribution in [0.4, 0.5) is 0 Å². The van der Waals surface area contributed by atoms with E-state index >= 15 is 0 Å². The third-order valence-corrected chi connectivity index (χ3v) is 1.82. The maximum atomic E-state index is 11.7. The van der Waals surface area contributed by atoms with Crippen LogP contribution in [0.15, 0.2) is 65.9 Å². The minimum atomic E-state index is -0.0791. The van der Waals surface area contributed by atoms with E-state index in [1.807, 2.05) is 6.92 Å². The van der Waals surface area contributed by atoms with Crippen LogP contribution in [0.25, 0.3) is 0 Å². The summed E-state index contributed by atoms with van der Waals surface area (Å²) in [5, 5.41) is 3.79. The highest BCUT2D eigenvalue weighted by molar-refractivity contribution is 6.06. The van der Waals surface area contributed by atoms with Crippen molar-refractivity contribution in [2.75, 3.05) is 7.05 Å². The van der Waals surface area contributed by atoms with Gasteiger partial charge in [0.05, 0.1) is 6.21 Å². The Balaban J connectivity index is 4.57. The zero-order chi connectivity index (χ0) is 13.1. The fourth-order valence-corrected chi connectivity index (χ4v) is 0.962. The molecule has 0 spiro atoms. The summed E-state index contributed by atoms with van der Waals surface area (Å²) in [4.78, 5) is 11.7. The molecule has 3 nitrogen and oxygen atoms in total. The molecule has 0 unspecified atom stereocenters. The fourth-order valence-electron chi connectivity index (χ4n) is 0.962. The molecule has 0 bridgehead atoms. The van der Waals surface area contributed by atoms with Gasteiger partial charge in [-0.15, -0.1) is 0 Å². The van der Waals surface area contributed by atoms with Crippen molar-refractivity contribution in [2.45, 2.75) is 6.92 Å². The lowest BCUT2D eigenvalue weighted by Crippen LogP contribution is -1.97. The zero-order valence-corrected chi connectivity index (χ0v) is 10.3.